The van der Waals surface area contributed by atoms with E-state index < -0.39 is 0 Å². The smallest absolute Gasteiger partial charge is 0.237 e. The lowest BCUT2D eigenvalue weighted by Crippen LogP contribution is -2.46. The molecule has 0 spiro atoms. The van der Waals surface area contributed by atoms with Crippen molar-refractivity contribution in [2.24, 2.45) is 0 Å². The SMILES string of the molecule is CCc1ccc(CNC(=O)[C@@H]2CCCCN2)s1.Cl. The van der Waals surface area contributed by atoms with Crippen molar-refractivity contribution >= 4 is 29.7 Å². The van der Waals surface area contributed by atoms with Crippen molar-refractivity contribution in [1.82, 2.24) is 10.6 Å². The number of piperidine rings is 1. The van der Waals surface area contributed by atoms with Crippen LogP contribution in [0.2, 0.25) is 0 Å². The molecule has 18 heavy (non-hydrogen) atoms. The van der Waals surface area contributed by atoms with Crippen LogP contribution in [-0.4, -0.2) is 18.5 Å². The zero-order chi connectivity index (χ0) is 12.1. The van der Waals surface area contributed by atoms with Crippen LogP contribution in [0.4, 0.5) is 0 Å². The number of carbonyl (C=O) groups is 1. The van der Waals surface area contributed by atoms with Crippen LogP contribution in [0.1, 0.15) is 35.9 Å². The lowest BCUT2D eigenvalue weighted by molar-refractivity contribution is -0.123. The van der Waals surface area contributed by atoms with Crippen LogP contribution in [-0.2, 0) is 17.8 Å². The molecule has 1 aliphatic heterocycles. The highest BCUT2D eigenvalue weighted by Gasteiger charge is 2.19. The van der Waals surface area contributed by atoms with Gasteiger partial charge in [-0.15, -0.1) is 23.7 Å². The Balaban J connectivity index is 0.00000162. The van der Waals surface area contributed by atoms with E-state index in [0.29, 0.717) is 6.54 Å². The van der Waals surface area contributed by atoms with E-state index in [2.05, 4.69) is 29.7 Å². The zero-order valence-electron chi connectivity index (χ0n) is 10.7. The highest BCUT2D eigenvalue weighted by Crippen LogP contribution is 2.16. The third-order valence-corrected chi connectivity index (χ3v) is 4.36. The minimum atomic E-state index is 0. The van der Waals surface area contributed by atoms with Crippen LogP contribution in [0.5, 0.6) is 0 Å². The molecule has 102 valence electrons. The number of thiophene rings is 1. The standard InChI is InChI=1S/C13H20N2OS.ClH/c1-2-10-6-7-11(17-10)9-15-13(16)12-5-3-4-8-14-12;/h6-7,12,14H,2-5,8-9H2,1H3,(H,15,16);1H/t12-;/m0./s1. The molecule has 1 fully saturated rings. The Morgan fingerprint density at radius 3 is 2.83 bits per heavy atom. The predicted molar refractivity (Wildman–Crippen MR) is 78.4 cm³/mol. The van der Waals surface area contributed by atoms with Crippen molar-refractivity contribution in [3.63, 3.8) is 0 Å². The van der Waals surface area contributed by atoms with Crippen LogP contribution in [0.25, 0.3) is 0 Å². The molecule has 2 rings (SSSR count). The lowest BCUT2D eigenvalue weighted by atomic mass is 10.0. The maximum atomic E-state index is 11.9. The molecule has 0 saturated carbocycles. The van der Waals surface area contributed by atoms with Gasteiger partial charge in [0, 0.05) is 9.75 Å². The first kappa shape index (κ1) is 15.5. The highest BCUT2D eigenvalue weighted by atomic mass is 35.5. The first-order valence-corrected chi connectivity index (χ1v) is 7.20. The lowest BCUT2D eigenvalue weighted by Gasteiger charge is -2.22. The molecular weight excluding hydrogens is 268 g/mol. The maximum absolute atomic E-state index is 11.9. The number of aryl methyl sites for hydroxylation is 1. The summed E-state index contributed by atoms with van der Waals surface area (Å²) >= 11 is 1.79. The molecule has 1 aliphatic rings. The topological polar surface area (TPSA) is 41.1 Å². The van der Waals surface area contributed by atoms with E-state index in [0.717, 1.165) is 25.8 Å². The molecule has 0 aliphatic carbocycles. The Hall–Kier alpha value is -0.580. The van der Waals surface area contributed by atoms with Crippen LogP contribution >= 0.6 is 23.7 Å². The zero-order valence-corrected chi connectivity index (χ0v) is 12.3. The largest absolute Gasteiger partial charge is 0.350 e. The van der Waals surface area contributed by atoms with E-state index in [-0.39, 0.29) is 24.4 Å². The number of halogens is 1. The third kappa shape index (κ3) is 4.26. The Labute approximate surface area is 119 Å². The van der Waals surface area contributed by atoms with Gasteiger partial charge in [-0.05, 0) is 37.9 Å². The normalized spacial score (nSPS) is 19.1. The quantitative estimate of drug-likeness (QED) is 0.894. The van der Waals surface area contributed by atoms with E-state index in [4.69, 9.17) is 0 Å². The molecule has 0 unspecified atom stereocenters. The van der Waals surface area contributed by atoms with Crippen molar-refractivity contribution in [1.29, 1.82) is 0 Å². The molecule has 1 saturated heterocycles. The van der Waals surface area contributed by atoms with Gasteiger partial charge in [-0.1, -0.05) is 13.3 Å². The van der Waals surface area contributed by atoms with Gasteiger partial charge in [-0.3, -0.25) is 4.79 Å². The summed E-state index contributed by atoms with van der Waals surface area (Å²) in [5.74, 6) is 0.149. The number of carbonyl (C=O) groups excluding carboxylic acids is 1. The summed E-state index contributed by atoms with van der Waals surface area (Å²) in [6.07, 6.45) is 4.39. The monoisotopic (exact) mass is 288 g/mol. The minimum absolute atomic E-state index is 0. The number of amides is 1. The van der Waals surface area contributed by atoms with Gasteiger partial charge in [0.25, 0.3) is 0 Å². The summed E-state index contributed by atoms with van der Waals surface area (Å²) in [5, 5.41) is 6.28. The fourth-order valence-electron chi connectivity index (χ4n) is 2.08. The van der Waals surface area contributed by atoms with E-state index in [1.807, 2.05) is 0 Å². The van der Waals surface area contributed by atoms with Gasteiger partial charge in [-0.2, -0.15) is 0 Å². The average molecular weight is 289 g/mol. The molecule has 1 atom stereocenters. The van der Waals surface area contributed by atoms with Crippen LogP contribution in [0.3, 0.4) is 0 Å². The van der Waals surface area contributed by atoms with Crippen molar-refractivity contribution in [2.75, 3.05) is 6.54 Å². The Morgan fingerprint density at radius 1 is 1.44 bits per heavy atom. The predicted octanol–water partition coefficient (Wildman–Crippen LogP) is 2.49. The number of hydrogen-bond acceptors (Lipinski definition) is 3. The van der Waals surface area contributed by atoms with Gasteiger partial charge in [0.1, 0.15) is 0 Å². The van der Waals surface area contributed by atoms with E-state index >= 15 is 0 Å². The maximum Gasteiger partial charge on any atom is 0.237 e. The first-order chi connectivity index (χ1) is 8.29. The summed E-state index contributed by atoms with van der Waals surface area (Å²) in [5.41, 5.74) is 0. The first-order valence-electron chi connectivity index (χ1n) is 6.38. The highest BCUT2D eigenvalue weighted by molar-refractivity contribution is 7.11. The van der Waals surface area contributed by atoms with Gasteiger partial charge in [0.15, 0.2) is 0 Å². The van der Waals surface area contributed by atoms with Crippen LogP contribution in [0, 0.1) is 0 Å². The summed E-state index contributed by atoms with van der Waals surface area (Å²) < 4.78 is 0. The second-order valence-electron chi connectivity index (χ2n) is 4.44. The summed E-state index contributed by atoms with van der Waals surface area (Å²) in [6, 6.07) is 4.28. The molecule has 2 N–H and O–H groups in total. The van der Waals surface area contributed by atoms with E-state index in [1.54, 1.807) is 11.3 Å². The van der Waals surface area contributed by atoms with Crippen LogP contribution in [0.15, 0.2) is 12.1 Å². The Morgan fingerprint density at radius 2 is 2.22 bits per heavy atom. The number of hydrogen-bond donors (Lipinski definition) is 2. The van der Waals surface area contributed by atoms with Gasteiger partial charge in [0.05, 0.1) is 12.6 Å². The minimum Gasteiger partial charge on any atom is -0.350 e. The Bertz CT molecular complexity index is 375. The fourth-order valence-corrected chi connectivity index (χ4v) is 2.98. The van der Waals surface area contributed by atoms with E-state index in [1.165, 1.54) is 16.2 Å². The number of rotatable bonds is 4. The molecular formula is C13H21ClN2OS. The fraction of sp³-hybridized carbons (Fsp3) is 0.615. The number of nitrogens with one attached hydrogen (secondary N) is 2. The summed E-state index contributed by atoms with van der Waals surface area (Å²) in [7, 11) is 0. The molecule has 5 heteroatoms. The summed E-state index contributed by atoms with van der Waals surface area (Å²) in [4.78, 5) is 14.5. The molecule has 1 aromatic heterocycles. The molecule has 0 radical (unpaired) electrons. The van der Waals surface area contributed by atoms with Crippen molar-refractivity contribution in [2.45, 2.75) is 45.2 Å². The molecule has 1 amide bonds. The van der Waals surface area contributed by atoms with Crippen molar-refractivity contribution < 1.29 is 4.79 Å². The second kappa shape index (κ2) is 7.77. The van der Waals surface area contributed by atoms with Crippen molar-refractivity contribution in [3.05, 3.63) is 21.9 Å². The molecule has 0 aromatic carbocycles. The Kier molecular flexibility index (Phi) is 6.68. The van der Waals surface area contributed by atoms with Gasteiger partial charge in [0.2, 0.25) is 5.91 Å². The molecule has 2 heterocycles. The van der Waals surface area contributed by atoms with Crippen LogP contribution < -0.4 is 10.6 Å². The average Bonchev–Trinajstić information content (AvgIpc) is 2.85. The summed E-state index contributed by atoms with van der Waals surface area (Å²) in [6.45, 7) is 3.79. The van der Waals surface area contributed by atoms with E-state index in [9.17, 15) is 4.79 Å². The van der Waals surface area contributed by atoms with Crippen molar-refractivity contribution in [3.8, 4) is 0 Å². The van der Waals surface area contributed by atoms with Gasteiger partial charge >= 0.3 is 0 Å². The molecule has 0 bridgehead atoms. The molecule has 3 nitrogen and oxygen atoms in total. The molecule has 1 aromatic rings. The third-order valence-electron chi connectivity index (χ3n) is 3.13. The van der Waals surface area contributed by atoms with Gasteiger partial charge < -0.3 is 10.6 Å². The second-order valence-corrected chi connectivity index (χ2v) is 5.69. The van der Waals surface area contributed by atoms with Gasteiger partial charge in [-0.25, -0.2) is 0 Å².